The van der Waals surface area contributed by atoms with Crippen LogP contribution in [-0.4, -0.2) is 10.1 Å². The van der Waals surface area contributed by atoms with Crippen molar-refractivity contribution in [3.05, 3.63) is 88.7 Å². The van der Waals surface area contributed by atoms with Crippen molar-refractivity contribution in [3.8, 4) is 21.8 Å². The second-order valence-electron chi connectivity index (χ2n) is 5.57. The zero-order valence-corrected chi connectivity index (χ0v) is 14.7. The first-order valence-electron chi connectivity index (χ1n) is 7.73. The number of nitrogens with zero attached hydrogens (tertiary/aromatic N) is 1. The Bertz CT molecular complexity index is 980. The third-order valence-corrected chi connectivity index (χ3v) is 5.11. The minimum Gasteiger partial charge on any atom is -0.463 e. The molecule has 0 saturated carbocycles. The average Bonchev–Trinajstić information content (AvgIpc) is 3.31. The molecule has 5 heteroatoms. The maximum Gasteiger partial charge on any atom is 0.140 e. The monoisotopic (exact) mass is 367 g/mol. The van der Waals surface area contributed by atoms with E-state index in [4.69, 9.17) is 16.0 Å². The van der Waals surface area contributed by atoms with E-state index in [9.17, 15) is 5.11 Å². The summed E-state index contributed by atoms with van der Waals surface area (Å²) in [4.78, 5) is 5.15. The minimum atomic E-state index is -0.849. The first-order valence-corrected chi connectivity index (χ1v) is 8.99. The maximum atomic E-state index is 11.0. The predicted octanol–water partition coefficient (Wildman–Crippen LogP) is 5.81. The molecule has 0 saturated heterocycles. The second kappa shape index (κ2) is 6.84. The molecule has 3 nitrogen and oxygen atoms in total. The van der Waals surface area contributed by atoms with Gasteiger partial charge in [-0.25, -0.2) is 0 Å². The summed E-state index contributed by atoms with van der Waals surface area (Å²) in [5.41, 5.74) is 3.14. The fourth-order valence-electron chi connectivity index (χ4n) is 2.82. The molecule has 1 aromatic carbocycles. The van der Waals surface area contributed by atoms with E-state index >= 15 is 0 Å². The van der Waals surface area contributed by atoms with E-state index in [-0.39, 0.29) is 0 Å². The Balaban J connectivity index is 1.91. The number of benzene rings is 1. The van der Waals surface area contributed by atoms with Gasteiger partial charge in [0.2, 0.25) is 0 Å². The molecule has 1 N–H and O–H groups in total. The van der Waals surface area contributed by atoms with Gasteiger partial charge < -0.3 is 9.52 Å². The van der Waals surface area contributed by atoms with Crippen LogP contribution >= 0.6 is 22.9 Å². The summed E-state index contributed by atoms with van der Waals surface area (Å²) < 4.78 is 5.87. The van der Waals surface area contributed by atoms with Crippen molar-refractivity contribution >= 4 is 22.9 Å². The fraction of sp³-hybridized carbons (Fsp3) is 0.0500. The highest BCUT2D eigenvalue weighted by Crippen LogP contribution is 2.42. The predicted molar refractivity (Wildman–Crippen MR) is 101 cm³/mol. The van der Waals surface area contributed by atoms with Crippen molar-refractivity contribution in [2.45, 2.75) is 6.10 Å². The van der Waals surface area contributed by atoms with E-state index in [0.717, 1.165) is 21.6 Å². The summed E-state index contributed by atoms with van der Waals surface area (Å²) in [6.07, 6.45) is 4.19. The van der Waals surface area contributed by atoms with Crippen LogP contribution in [0.15, 0.2) is 77.0 Å². The number of furan rings is 1. The van der Waals surface area contributed by atoms with Gasteiger partial charge in [-0.15, -0.1) is 11.3 Å². The van der Waals surface area contributed by atoms with Gasteiger partial charge in [0, 0.05) is 44.5 Å². The van der Waals surface area contributed by atoms with Gasteiger partial charge in [0.25, 0.3) is 0 Å². The zero-order valence-electron chi connectivity index (χ0n) is 13.1. The van der Waals surface area contributed by atoms with E-state index in [0.29, 0.717) is 16.3 Å². The smallest absolute Gasteiger partial charge is 0.140 e. The van der Waals surface area contributed by atoms with E-state index in [1.807, 2.05) is 53.9 Å². The Morgan fingerprint density at radius 2 is 2.04 bits per heavy atom. The molecule has 25 heavy (non-hydrogen) atoms. The largest absolute Gasteiger partial charge is 0.463 e. The standard InChI is InChI=1S/C20H14ClNO2S/c21-15-6-1-4-13(10-15)20-18(19(23)14-5-2-8-22-11-14)16(12-24-20)17-7-3-9-25-17/h1-12,19,23H. The number of pyridine rings is 1. The summed E-state index contributed by atoms with van der Waals surface area (Å²) in [6, 6.07) is 15.1. The van der Waals surface area contributed by atoms with Crippen molar-refractivity contribution in [1.29, 1.82) is 0 Å². The lowest BCUT2D eigenvalue weighted by Gasteiger charge is -2.13. The fourth-order valence-corrected chi connectivity index (χ4v) is 3.76. The number of halogens is 1. The number of aliphatic hydroxyl groups is 1. The molecule has 0 spiro atoms. The number of aromatic nitrogens is 1. The van der Waals surface area contributed by atoms with Crippen molar-refractivity contribution in [1.82, 2.24) is 4.98 Å². The van der Waals surface area contributed by atoms with Crippen molar-refractivity contribution in [2.24, 2.45) is 0 Å². The maximum absolute atomic E-state index is 11.0. The van der Waals surface area contributed by atoms with Gasteiger partial charge in [-0.2, -0.15) is 0 Å². The number of rotatable bonds is 4. The molecule has 0 aliphatic heterocycles. The summed E-state index contributed by atoms with van der Waals surface area (Å²) >= 11 is 7.74. The molecule has 1 atom stereocenters. The van der Waals surface area contributed by atoms with Gasteiger partial charge in [-0.05, 0) is 29.6 Å². The second-order valence-corrected chi connectivity index (χ2v) is 6.95. The Hall–Kier alpha value is -2.40. The molecule has 0 fully saturated rings. The molecular weight excluding hydrogens is 354 g/mol. The summed E-state index contributed by atoms with van der Waals surface area (Å²) in [6.45, 7) is 0. The van der Waals surface area contributed by atoms with Gasteiger partial charge in [0.1, 0.15) is 18.1 Å². The normalized spacial score (nSPS) is 12.2. The van der Waals surface area contributed by atoms with Crippen molar-refractivity contribution < 1.29 is 9.52 Å². The van der Waals surface area contributed by atoms with Crippen molar-refractivity contribution in [3.63, 3.8) is 0 Å². The molecule has 4 rings (SSSR count). The minimum absolute atomic E-state index is 0.613. The first kappa shape index (κ1) is 16.1. The van der Waals surface area contributed by atoms with Gasteiger partial charge in [0.05, 0.1) is 0 Å². The topological polar surface area (TPSA) is 46.3 Å². The molecule has 3 heterocycles. The Morgan fingerprint density at radius 1 is 1.12 bits per heavy atom. The van der Waals surface area contributed by atoms with Crippen molar-refractivity contribution in [2.75, 3.05) is 0 Å². The van der Waals surface area contributed by atoms with Crippen LogP contribution in [0.5, 0.6) is 0 Å². The first-order chi connectivity index (χ1) is 12.2. The summed E-state index contributed by atoms with van der Waals surface area (Å²) in [7, 11) is 0. The number of hydrogen-bond donors (Lipinski definition) is 1. The van der Waals surface area contributed by atoms with E-state index in [2.05, 4.69) is 4.98 Å². The van der Waals surface area contributed by atoms with Gasteiger partial charge in [-0.1, -0.05) is 35.9 Å². The molecule has 0 amide bonds. The van der Waals surface area contributed by atoms with Gasteiger partial charge in [-0.3, -0.25) is 4.98 Å². The molecule has 1 unspecified atom stereocenters. The average molecular weight is 368 g/mol. The third-order valence-electron chi connectivity index (χ3n) is 3.98. The molecule has 0 radical (unpaired) electrons. The third kappa shape index (κ3) is 3.12. The van der Waals surface area contributed by atoms with E-state index in [1.54, 1.807) is 30.0 Å². The Kier molecular flexibility index (Phi) is 4.40. The highest BCUT2D eigenvalue weighted by molar-refractivity contribution is 7.13. The van der Waals surface area contributed by atoms with Crippen LogP contribution in [0.1, 0.15) is 17.2 Å². The highest BCUT2D eigenvalue weighted by Gasteiger charge is 2.25. The van der Waals surface area contributed by atoms with Crippen LogP contribution < -0.4 is 0 Å². The number of thiophene rings is 1. The van der Waals surface area contributed by atoms with Gasteiger partial charge in [0.15, 0.2) is 0 Å². The van der Waals surface area contributed by atoms with Crippen LogP contribution in [-0.2, 0) is 0 Å². The lowest BCUT2D eigenvalue weighted by atomic mass is 9.96. The molecule has 4 aromatic rings. The van der Waals surface area contributed by atoms with Crippen LogP contribution in [0.25, 0.3) is 21.8 Å². The SMILES string of the molecule is OC(c1cccnc1)c1c(-c2cccs2)coc1-c1cccc(Cl)c1. The molecule has 0 bridgehead atoms. The quantitative estimate of drug-likeness (QED) is 0.495. The molecular formula is C20H14ClNO2S. The highest BCUT2D eigenvalue weighted by atomic mass is 35.5. The molecule has 124 valence electrons. The van der Waals surface area contributed by atoms with Crippen LogP contribution in [0.2, 0.25) is 5.02 Å². The van der Waals surface area contributed by atoms with Gasteiger partial charge >= 0.3 is 0 Å². The lowest BCUT2D eigenvalue weighted by molar-refractivity contribution is 0.220. The van der Waals surface area contributed by atoms with Crippen LogP contribution in [0.3, 0.4) is 0 Å². The van der Waals surface area contributed by atoms with Crippen LogP contribution in [0.4, 0.5) is 0 Å². The Morgan fingerprint density at radius 3 is 2.76 bits per heavy atom. The zero-order chi connectivity index (χ0) is 17.2. The lowest BCUT2D eigenvalue weighted by Crippen LogP contribution is -2.02. The molecule has 3 aromatic heterocycles. The van der Waals surface area contributed by atoms with Crippen LogP contribution in [0, 0.1) is 0 Å². The van der Waals surface area contributed by atoms with E-state index in [1.165, 1.54) is 0 Å². The molecule has 0 aliphatic rings. The van der Waals surface area contributed by atoms with E-state index < -0.39 is 6.10 Å². The number of hydrogen-bond acceptors (Lipinski definition) is 4. The number of aliphatic hydroxyl groups excluding tert-OH is 1. The molecule has 0 aliphatic carbocycles. The summed E-state index contributed by atoms with van der Waals surface area (Å²) in [5.74, 6) is 0.613. The Labute approximate surface area is 154 Å². The summed E-state index contributed by atoms with van der Waals surface area (Å²) in [5, 5.41) is 13.7.